The molecule has 4 nitrogen and oxygen atoms in total. The van der Waals surface area contributed by atoms with Gasteiger partial charge in [0.2, 0.25) is 5.91 Å². The number of rotatable bonds is 6. The van der Waals surface area contributed by atoms with Gasteiger partial charge in [-0.2, -0.15) is 0 Å². The number of carbonyl (C=O) groups excluding carboxylic acids is 1. The smallest absolute Gasteiger partial charge is 0.233 e. The molecule has 110 valence electrons. The summed E-state index contributed by atoms with van der Waals surface area (Å²) in [5, 5.41) is 3.99. The van der Waals surface area contributed by atoms with Gasteiger partial charge >= 0.3 is 0 Å². The molecule has 1 atom stereocenters. The Morgan fingerprint density at radius 2 is 2.24 bits per heavy atom. The molecule has 1 aromatic carbocycles. The number of hydrogen-bond donors (Lipinski definition) is 1. The predicted octanol–water partition coefficient (Wildman–Crippen LogP) is 3.31. The van der Waals surface area contributed by atoms with E-state index in [1.807, 2.05) is 42.0 Å². The Bertz CT molecular complexity index is 624. The second-order valence-electron chi connectivity index (χ2n) is 4.35. The molecular formula is C15H16ClN3OS. The third-order valence-corrected chi connectivity index (χ3v) is 4.12. The van der Waals surface area contributed by atoms with Gasteiger partial charge in [-0.15, -0.1) is 6.58 Å². The van der Waals surface area contributed by atoms with Crippen molar-refractivity contribution in [2.45, 2.75) is 17.3 Å². The van der Waals surface area contributed by atoms with Crippen molar-refractivity contribution in [3.63, 3.8) is 0 Å². The van der Waals surface area contributed by atoms with E-state index >= 15 is 0 Å². The number of amides is 1. The number of nitrogens with one attached hydrogen (secondary N) is 1. The molecule has 1 N–H and O–H groups in total. The average molecular weight is 322 g/mol. The molecule has 0 saturated carbocycles. The number of hydrogen-bond acceptors (Lipinski definition) is 3. The van der Waals surface area contributed by atoms with Crippen LogP contribution in [0.15, 0.2) is 54.5 Å². The number of nitrogens with zero attached hydrogens (tertiary/aromatic N) is 2. The van der Waals surface area contributed by atoms with E-state index in [-0.39, 0.29) is 11.2 Å². The van der Waals surface area contributed by atoms with Crippen molar-refractivity contribution in [2.75, 3.05) is 6.54 Å². The van der Waals surface area contributed by atoms with Crippen LogP contribution >= 0.6 is 23.4 Å². The fraction of sp³-hybridized carbons (Fsp3) is 0.200. The van der Waals surface area contributed by atoms with Gasteiger partial charge < -0.3 is 5.32 Å². The molecule has 2 aromatic rings. The molecule has 1 heterocycles. The summed E-state index contributed by atoms with van der Waals surface area (Å²) in [6, 6.07) is 7.48. The third kappa shape index (κ3) is 4.12. The summed E-state index contributed by atoms with van der Waals surface area (Å²) < 4.78 is 1.93. The number of benzene rings is 1. The Hall–Kier alpha value is -1.72. The summed E-state index contributed by atoms with van der Waals surface area (Å²) in [4.78, 5) is 16.2. The molecule has 0 saturated heterocycles. The van der Waals surface area contributed by atoms with Gasteiger partial charge in [0.05, 0.1) is 5.25 Å². The van der Waals surface area contributed by atoms with Crippen LogP contribution in [-0.2, 0) is 4.79 Å². The number of imidazole rings is 1. The Labute approximate surface area is 133 Å². The quantitative estimate of drug-likeness (QED) is 0.656. The van der Waals surface area contributed by atoms with Crippen LogP contribution in [0.5, 0.6) is 0 Å². The molecule has 1 aromatic heterocycles. The van der Waals surface area contributed by atoms with Crippen LogP contribution in [-0.4, -0.2) is 27.3 Å². The van der Waals surface area contributed by atoms with E-state index in [9.17, 15) is 4.79 Å². The molecule has 0 radical (unpaired) electrons. The zero-order chi connectivity index (χ0) is 15.2. The number of thioether (sulfide) groups is 1. The fourth-order valence-corrected chi connectivity index (χ4v) is 2.74. The van der Waals surface area contributed by atoms with E-state index in [4.69, 9.17) is 11.6 Å². The van der Waals surface area contributed by atoms with Crippen LogP contribution < -0.4 is 5.32 Å². The molecule has 2 rings (SSSR count). The summed E-state index contributed by atoms with van der Waals surface area (Å²) in [6.07, 6.45) is 5.23. The number of aromatic nitrogens is 2. The molecule has 0 aliphatic carbocycles. The SMILES string of the molecule is C=CCNC(=O)[C@@H](C)Sc1nccn1-c1ccc(Cl)cc1. The Morgan fingerprint density at radius 1 is 1.52 bits per heavy atom. The van der Waals surface area contributed by atoms with Crippen LogP contribution in [0.4, 0.5) is 0 Å². The first-order chi connectivity index (χ1) is 10.1. The fourth-order valence-electron chi connectivity index (χ4n) is 1.70. The molecule has 0 spiro atoms. The van der Waals surface area contributed by atoms with E-state index < -0.39 is 0 Å². The normalized spacial score (nSPS) is 11.9. The summed E-state index contributed by atoms with van der Waals surface area (Å²) >= 11 is 7.30. The molecule has 1 amide bonds. The van der Waals surface area contributed by atoms with Gasteiger partial charge in [-0.05, 0) is 31.2 Å². The standard InChI is InChI=1S/C15H16ClN3OS/c1-3-8-17-14(20)11(2)21-15-18-9-10-19(15)13-6-4-12(16)5-7-13/h3-7,9-11H,1,8H2,2H3,(H,17,20)/t11-/m1/s1. The van der Waals surface area contributed by atoms with Gasteiger partial charge in [-0.1, -0.05) is 29.4 Å². The van der Waals surface area contributed by atoms with Crippen LogP contribution in [0.3, 0.4) is 0 Å². The van der Waals surface area contributed by atoms with E-state index in [1.165, 1.54) is 11.8 Å². The van der Waals surface area contributed by atoms with Crippen LogP contribution in [0.25, 0.3) is 5.69 Å². The first-order valence-corrected chi connectivity index (χ1v) is 7.72. The number of halogens is 1. The summed E-state index contributed by atoms with van der Waals surface area (Å²) in [5.74, 6) is -0.0365. The van der Waals surface area contributed by atoms with E-state index in [1.54, 1.807) is 12.3 Å². The zero-order valence-corrected chi connectivity index (χ0v) is 13.2. The van der Waals surface area contributed by atoms with Gasteiger partial charge in [0.15, 0.2) is 5.16 Å². The summed E-state index contributed by atoms with van der Waals surface area (Å²) in [7, 11) is 0. The number of carbonyl (C=O) groups is 1. The third-order valence-electron chi connectivity index (χ3n) is 2.78. The summed E-state index contributed by atoms with van der Waals surface area (Å²) in [6.45, 7) is 5.90. The monoisotopic (exact) mass is 321 g/mol. The maximum atomic E-state index is 11.9. The van der Waals surface area contributed by atoms with Crippen molar-refractivity contribution in [1.82, 2.24) is 14.9 Å². The lowest BCUT2D eigenvalue weighted by atomic mass is 10.3. The van der Waals surface area contributed by atoms with Crippen molar-refractivity contribution in [1.29, 1.82) is 0 Å². The van der Waals surface area contributed by atoms with Crippen molar-refractivity contribution in [3.05, 3.63) is 54.3 Å². The van der Waals surface area contributed by atoms with Crippen LogP contribution in [0.1, 0.15) is 6.92 Å². The highest BCUT2D eigenvalue weighted by molar-refractivity contribution is 8.00. The zero-order valence-electron chi connectivity index (χ0n) is 11.6. The van der Waals surface area contributed by atoms with Gasteiger partial charge in [0.25, 0.3) is 0 Å². The van der Waals surface area contributed by atoms with Crippen LogP contribution in [0.2, 0.25) is 5.02 Å². The van der Waals surface area contributed by atoms with Crippen LogP contribution in [0, 0.1) is 0 Å². The second kappa shape index (κ2) is 7.33. The minimum Gasteiger partial charge on any atom is -0.352 e. The molecule has 0 fully saturated rings. The van der Waals surface area contributed by atoms with Crippen molar-refractivity contribution >= 4 is 29.3 Å². The van der Waals surface area contributed by atoms with Crippen molar-refractivity contribution in [2.24, 2.45) is 0 Å². The lowest BCUT2D eigenvalue weighted by molar-refractivity contribution is -0.120. The summed E-state index contributed by atoms with van der Waals surface area (Å²) in [5.41, 5.74) is 0.957. The molecule has 0 aliphatic rings. The van der Waals surface area contributed by atoms with Gasteiger partial charge in [-0.25, -0.2) is 4.98 Å². The molecule has 0 bridgehead atoms. The molecule has 6 heteroatoms. The average Bonchev–Trinajstić information content (AvgIpc) is 2.93. The minimum absolute atomic E-state index is 0.0365. The van der Waals surface area contributed by atoms with Gasteiger partial charge in [0, 0.05) is 29.6 Å². The highest BCUT2D eigenvalue weighted by atomic mass is 35.5. The van der Waals surface area contributed by atoms with E-state index in [2.05, 4.69) is 16.9 Å². The van der Waals surface area contributed by atoms with E-state index in [0.29, 0.717) is 11.6 Å². The lowest BCUT2D eigenvalue weighted by Gasteiger charge is -2.12. The lowest BCUT2D eigenvalue weighted by Crippen LogP contribution is -2.31. The van der Waals surface area contributed by atoms with Gasteiger partial charge in [-0.3, -0.25) is 9.36 Å². The maximum Gasteiger partial charge on any atom is 0.233 e. The highest BCUT2D eigenvalue weighted by Crippen LogP contribution is 2.25. The molecule has 21 heavy (non-hydrogen) atoms. The Balaban J connectivity index is 2.11. The largest absolute Gasteiger partial charge is 0.352 e. The van der Waals surface area contributed by atoms with Crippen molar-refractivity contribution < 1.29 is 4.79 Å². The molecular weight excluding hydrogens is 306 g/mol. The maximum absolute atomic E-state index is 11.9. The highest BCUT2D eigenvalue weighted by Gasteiger charge is 2.17. The second-order valence-corrected chi connectivity index (χ2v) is 6.09. The van der Waals surface area contributed by atoms with E-state index in [0.717, 1.165) is 10.8 Å². The van der Waals surface area contributed by atoms with Crippen molar-refractivity contribution in [3.8, 4) is 5.69 Å². The Morgan fingerprint density at radius 3 is 2.90 bits per heavy atom. The minimum atomic E-state index is -0.238. The Kier molecular flexibility index (Phi) is 5.47. The topological polar surface area (TPSA) is 46.9 Å². The molecule has 0 aliphatic heterocycles. The molecule has 0 unspecified atom stereocenters. The first-order valence-electron chi connectivity index (χ1n) is 6.46. The van der Waals surface area contributed by atoms with Gasteiger partial charge in [0.1, 0.15) is 0 Å². The first kappa shape index (κ1) is 15.7. The predicted molar refractivity (Wildman–Crippen MR) is 87.1 cm³/mol.